The number of aliphatic imine (C=N–C) groups is 1. The summed E-state index contributed by atoms with van der Waals surface area (Å²) in [4.78, 5) is 41.7. The van der Waals surface area contributed by atoms with Crippen molar-refractivity contribution in [1.82, 2.24) is 10.6 Å². The van der Waals surface area contributed by atoms with E-state index in [1.54, 1.807) is 41.5 Å². The molecule has 33 heavy (non-hydrogen) atoms. The molecular formula is C24H37N3O6. The summed E-state index contributed by atoms with van der Waals surface area (Å²) in [6.07, 6.45) is -1.33. The summed E-state index contributed by atoms with van der Waals surface area (Å²) >= 11 is 0. The minimum absolute atomic E-state index is 0.0815. The van der Waals surface area contributed by atoms with Crippen LogP contribution < -0.4 is 10.6 Å². The monoisotopic (exact) mass is 463 g/mol. The molecule has 1 aromatic rings. The molecule has 0 aliphatic rings. The van der Waals surface area contributed by atoms with Gasteiger partial charge in [0.2, 0.25) is 5.96 Å². The Kier molecular flexibility index (Phi) is 10.3. The fourth-order valence-electron chi connectivity index (χ4n) is 2.53. The van der Waals surface area contributed by atoms with E-state index in [2.05, 4.69) is 15.6 Å². The summed E-state index contributed by atoms with van der Waals surface area (Å²) in [6.45, 7) is 14.1. The van der Waals surface area contributed by atoms with E-state index in [0.29, 0.717) is 6.42 Å². The van der Waals surface area contributed by atoms with Gasteiger partial charge in [0.15, 0.2) is 6.04 Å². The zero-order valence-corrected chi connectivity index (χ0v) is 20.9. The Labute approximate surface area is 196 Å². The van der Waals surface area contributed by atoms with Crippen LogP contribution in [0.2, 0.25) is 0 Å². The number of hydrogen-bond donors (Lipinski definition) is 2. The molecule has 1 atom stereocenters. The molecular weight excluding hydrogens is 426 g/mol. The first-order chi connectivity index (χ1) is 15.1. The van der Waals surface area contributed by atoms with Crippen molar-refractivity contribution in [1.29, 1.82) is 0 Å². The maximum Gasteiger partial charge on any atom is 0.414 e. The van der Waals surface area contributed by atoms with E-state index in [9.17, 15) is 14.4 Å². The lowest BCUT2D eigenvalue weighted by atomic mass is 10.0. The molecule has 0 spiro atoms. The molecule has 0 heterocycles. The number of esters is 1. The number of rotatable bonds is 6. The quantitative estimate of drug-likeness (QED) is 0.277. The highest BCUT2D eigenvalue weighted by molar-refractivity contribution is 6.02. The standard InChI is InChI=1S/C24H37N3O6/c1-16(2)14-18(19(28)31-15-17-12-10-9-11-13-17)25-20(26-21(29)32-23(3,4)5)27-22(30)33-24(6,7)8/h9-13,16,18H,14-15H2,1-8H3,(H2,25,26,27,29,30). The number of nitrogens with zero attached hydrogens (tertiary/aromatic N) is 1. The highest BCUT2D eigenvalue weighted by atomic mass is 16.6. The largest absolute Gasteiger partial charge is 0.459 e. The maximum absolute atomic E-state index is 12.8. The first kappa shape index (κ1) is 27.9. The molecule has 0 saturated carbocycles. The van der Waals surface area contributed by atoms with E-state index < -0.39 is 35.4 Å². The number of hydrogen-bond acceptors (Lipinski definition) is 7. The number of guanidine groups is 1. The second kappa shape index (κ2) is 12.2. The zero-order chi connectivity index (χ0) is 25.2. The third-order valence-electron chi connectivity index (χ3n) is 3.71. The highest BCUT2D eigenvalue weighted by Gasteiger charge is 2.25. The van der Waals surface area contributed by atoms with Gasteiger partial charge in [0.25, 0.3) is 0 Å². The molecule has 0 aromatic heterocycles. The first-order valence-corrected chi connectivity index (χ1v) is 10.9. The first-order valence-electron chi connectivity index (χ1n) is 10.9. The summed E-state index contributed by atoms with van der Waals surface area (Å²) in [6, 6.07) is 8.28. The minimum atomic E-state index is -0.964. The second-order valence-electron chi connectivity index (χ2n) is 9.97. The van der Waals surface area contributed by atoms with Gasteiger partial charge in [-0.2, -0.15) is 0 Å². The lowest BCUT2D eigenvalue weighted by Crippen LogP contribution is -2.48. The minimum Gasteiger partial charge on any atom is -0.459 e. The van der Waals surface area contributed by atoms with Crippen LogP contribution in [0.1, 0.15) is 67.4 Å². The number of amides is 2. The Morgan fingerprint density at radius 1 is 0.879 bits per heavy atom. The number of alkyl carbamates (subject to hydrolysis) is 2. The normalized spacial score (nSPS) is 12.4. The van der Waals surface area contributed by atoms with Gasteiger partial charge in [-0.15, -0.1) is 0 Å². The lowest BCUT2D eigenvalue weighted by Gasteiger charge is -2.23. The zero-order valence-electron chi connectivity index (χ0n) is 20.9. The van der Waals surface area contributed by atoms with Gasteiger partial charge >= 0.3 is 18.2 Å². The molecule has 1 aromatic carbocycles. The van der Waals surface area contributed by atoms with Crippen LogP contribution in [0.15, 0.2) is 35.3 Å². The van der Waals surface area contributed by atoms with Crippen LogP contribution in [0.4, 0.5) is 9.59 Å². The lowest BCUT2D eigenvalue weighted by molar-refractivity contribution is -0.146. The van der Waals surface area contributed by atoms with Crippen LogP contribution in [-0.2, 0) is 25.6 Å². The van der Waals surface area contributed by atoms with Gasteiger partial charge in [-0.25, -0.2) is 19.4 Å². The summed E-state index contributed by atoms with van der Waals surface area (Å²) < 4.78 is 15.9. The van der Waals surface area contributed by atoms with Gasteiger partial charge in [-0.3, -0.25) is 10.6 Å². The predicted octanol–water partition coefficient (Wildman–Crippen LogP) is 4.55. The van der Waals surface area contributed by atoms with Crippen molar-refractivity contribution >= 4 is 24.1 Å². The molecule has 184 valence electrons. The number of carbonyl (C=O) groups excluding carboxylic acids is 3. The van der Waals surface area contributed by atoms with Gasteiger partial charge in [0, 0.05) is 0 Å². The summed E-state index contributed by atoms with van der Waals surface area (Å²) in [5.41, 5.74) is -0.711. The Morgan fingerprint density at radius 2 is 1.36 bits per heavy atom. The summed E-state index contributed by atoms with van der Waals surface area (Å²) in [5, 5.41) is 4.78. The van der Waals surface area contributed by atoms with E-state index in [1.165, 1.54) is 0 Å². The molecule has 1 rings (SSSR count). The fourth-order valence-corrected chi connectivity index (χ4v) is 2.53. The third-order valence-corrected chi connectivity index (χ3v) is 3.71. The Hall–Kier alpha value is -3.10. The Balaban J connectivity index is 3.09. The average Bonchev–Trinajstić information content (AvgIpc) is 2.62. The molecule has 0 saturated heterocycles. The van der Waals surface area contributed by atoms with Gasteiger partial charge in [-0.05, 0) is 59.4 Å². The van der Waals surface area contributed by atoms with Crippen LogP contribution in [0.3, 0.4) is 0 Å². The van der Waals surface area contributed by atoms with E-state index in [4.69, 9.17) is 14.2 Å². The molecule has 2 N–H and O–H groups in total. The number of carbonyl (C=O) groups is 3. The van der Waals surface area contributed by atoms with Crippen molar-refractivity contribution in [2.75, 3.05) is 0 Å². The van der Waals surface area contributed by atoms with E-state index in [-0.39, 0.29) is 18.5 Å². The van der Waals surface area contributed by atoms with Crippen LogP contribution in [0.25, 0.3) is 0 Å². The predicted molar refractivity (Wildman–Crippen MR) is 126 cm³/mol. The van der Waals surface area contributed by atoms with Crippen molar-refractivity contribution in [3.63, 3.8) is 0 Å². The Bertz CT molecular complexity index is 791. The molecule has 1 unspecified atom stereocenters. The van der Waals surface area contributed by atoms with Gasteiger partial charge in [0.1, 0.15) is 17.8 Å². The van der Waals surface area contributed by atoms with Crippen molar-refractivity contribution in [2.24, 2.45) is 10.9 Å². The molecule has 0 aliphatic carbocycles. The smallest absolute Gasteiger partial charge is 0.414 e. The van der Waals surface area contributed by atoms with Crippen molar-refractivity contribution in [3.05, 3.63) is 35.9 Å². The van der Waals surface area contributed by atoms with Crippen LogP contribution in [-0.4, -0.2) is 41.4 Å². The van der Waals surface area contributed by atoms with Crippen LogP contribution in [0, 0.1) is 5.92 Å². The molecule has 0 fully saturated rings. The summed E-state index contributed by atoms with van der Waals surface area (Å²) in [5.74, 6) is -0.754. The molecule has 9 heteroatoms. The van der Waals surface area contributed by atoms with Crippen molar-refractivity contribution in [2.45, 2.75) is 85.7 Å². The molecule has 0 aliphatic heterocycles. The Morgan fingerprint density at radius 3 is 1.79 bits per heavy atom. The maximum atomic E-state index is 12.8. The SMILES string of the molecule is CC(C)CC(N=C(NC(=O)OC(C)(C)C)NC(=O)OC(C)(C)C)C(=O)OCc1ccccc1. The van der Waals surface area contributed by atoms with E-state index in [0.717, 1.165) is 5.56 Å². The van der Waals surface area contributed by atoms with Crippen molar-refractivity contribution < 1.29 is 28.6 Å². The van der Waals surface area contributed by atoms with E-state index in [1.807, 2.05) is 44.2 Å². The topological polar surface area (TPSA) is 115 Å². The average molecular weight is 464 g/mol. The third kappa shape index (κ3) is 13.1. The summed E-state index contributed by atoms with van der Waals surface area (Å²) in [7, 11) is 0. The van der Waals surface area contributed by atoms with E-state index >= 15 is 0 Å². The van der Waals surface area contributed by atoms with Gasteiger partial charge in [-0.1, -0.05) is 44.2 Å². The van der Waals surface area contributed by atoms with Crippen LogP contribution >= 0.6 is 0 Å². The second-order valence-corrected chi connectivity index (χ2v) is 9.97. The molecule has 9 nitrogen and oxygen atoms in total. The molecule has 0 bridgehead atoms. The highest BCUT2D eigenvalue weighted by Crippen LogP contribution is 2.13. The van der Waals surface area contributed by atoms with Crippen LogP contribution in [0.5, 0.6) is 0 Å². The van der Waals surface area contributed by atoms with Gasteiger partial charge < -0.3 is 14.2 Å². The molecule has 2 amide bonds. The fraction of sp³-hybridized carbons (Fsp3) is 0.583. The van der Waals surface area contributed by atoms with Crippen molar-refractivity contribution in [3.8, 4) is 0 Å². The van der Waals surface area contributed by atoms with Gasteiger partial charge in [0.05, 0.1) is 0 Å². The number of ether oxygens (including phenoxy) is 3. The number of benzene rings is 1. The molecule has 0 radical (unpaired) electrons. The number of nitrogens with one attached hydrogen (secondary N) is 2.